The maximum Gasteiger partial charge on any atom is 0.573 e. The van der Waals surface area contributed by atoms with Crippen LogP contribution in [0.15, 0.2) is 42.7 Å². The molecule has 0 radical (unpaired) electrons. The van der Waals surface area contributed by atoms with E-state index in [1.54, 1.807) is 39.9 Å². The summed E-state index contributed by atoms with van der Waals surface area (Å²) in [4.78, 5) is 23.7. The van der Waals surface area contributed by atoms with Crippen molar-refractivity contribution in [1.82, 2.24) is 19.3 Å². The van der Waals surface area contributed by atoms with Crippen molar-refractivity contribution in [3.8, 4) is 5.75 Å². The lowest BCUT2D eigenvalue weighted by molar-refractivity contribution is -0.274. The second-order valence-electron chi connectivity index (χ2n) is 7.54. The van der Waals surface area contributed by atoms with Crippen molar-refractivity contribution in [2.45, 2.75) is 45.3 Å². The summed E-state index contributed by atoms with van der Waals surface area (Å²) in [6, 6.07) is 7.40. The molecule has 0 atom stereocenters. The molecule has 1 saturated heterocycles. The van der Waals surface area contributed by atoms with Crippen LogP contribution in [-0.4, -0.2) is 50.7 Å². The number of nitrogens with zero attached hydrogens (tertiary/aromatic N) is 4. The topological polar surface area (TPSA) is 69.0 Å². The number of hydrogen-bond donors (Lipinski definition) is 0. The number of benzene rings is 1. The Hall–Kier alpha value is -3.14. The van der Waals surface area contributed by atoms with Crippen LogP contribution in [0.5, 0.6) is 5.75 Å². The number of ether oxygens (including phenoxy) is 2. The lowest BCUT2D eigenvalue weighted by atomic mass is 10.1. The van der Waals surface area contributed by atoms with Crippen LogP contribution in [0.1, 0.15) is 41.5 Å². The van der Waals surface area contributed by atoms with Crippen LogP contribution in [0.4, 0.5) is 13.2 Å². The third-order valence-corrected chi connectivity index (χ3v) is 5.39. The summed E-state index contributed by atoms with van der Waals surface area (Å²) in [6.45, 7) is 3.35. The first kappa shape index (κ1) is 22.1. The minimum absolute atomic E-state index is 0.0281. The first-order valence-corrected chi connectivity index (χ1v) is 10.4. The molecular weight excluding hydrogens is 425 g/mol. The van der Waals surface area contributed by atoms with Crippen LogP contribution < -0.4 is 4.74 Å². The van der Waals surface area contributed by atoms with Gasteiger partial charge in [-0.2, -0.15) is 0 Å². The minimum Gasteiger partial charge on any atom is -0.406 e. The van der Waals surface area contributed by atoms with Crippen molar-refractivity contribution in [1.29, 1.82) is 0 Å². The van der Waals surface area contributed by atoms with Crippen molar-refractivity contribution >= 4 is 11.7 Å². The molecule has 4 rings (SSSR count). The molecule has 7 nitrogen and oxygen atoms in total. The van der Waals surface area contributed by atoms with Crippen molar-refractivity contribution in [2.24, 2.45) is 0 Å². The summed E-state index contributed by atoms with van der Waals surface area (Å²) >= 11 is 0. The molecule has 170 valence electrons. The van der Waals surface area contributed by atoms with Crippen molar-refractivity contribution < 1.29 is 27.4 Å². The lowest BCUT2D eigenvalue weighted by Crippen LogP contribution is -2.41. The standard InChI is InChI=1S/C22H23F3N4O3/c1-2-18-19(29-11-3-10-26-21(29)27-18)20(30)28-12-8-16(9-13-28)31-14-15-4-6-17(7-5-15)32-22(23,24)25/h3-7,10-11,16H,2,8-9,12-14H2,1H3. The fourth-order valence-corrected chi connectivity index (χ4v) is 3.78. The number of carbonyl (C=O) groups excluding carboxylic acids is 1. The van der Waals surface area contributed by atoms with Gasteiger partial charge < -0.3 is 14.4 Å². The maximum atomic E-state index is 13.2. The molecule has 32 heavy (non-hydrogen) atoms. The summed E-state index contributed by atoms with van der Waals surface area (Å²) in [6.07, 6.45) is 0.699. The highest BCUT2D eigenvalue weighted by Gasteiger charge is 2.31. The molecule has 10 heteroatoms. The van der Waals surface area contributed by atoms with Crippen molar-refractivity contribution in [3.05, 3.63) is 59.7 Å². The first-order chi connectivity index (χ1) is 15.3. The number of aryl methyl sites for hydroxylation is 1. The summed E-state index contributed by atoms with van der Waals surface area (Å²) in [5.74, 6) is 0.181. The van der Waals surface area contributed by atoms with Crippen molar-refractivity contribution in [2.75, 3.05) is 13.1 Å². The number of amides is 1. The van der Waals surface area contributed by atoms with Crippen LogP contribution in [0.3, 0.4) is 0 Å². The molecule has 0 saturated carbocycles. The molecule has 0 bridgehead atoms. The Kier molecular flexibility index (Phi) is 6.31. The SMILES string of the molecule is CCc1nc2ncccn2c1C(=O)N1CCC(OCc2ccc(OC(F)(F)F)cc2)CC1. The van der Waals surface area contributed by atoms with Gasteiger partial charge in [0.25, 0.3) is 5.91 Å². The number of carbonyl (C=O) groups is 1. The molecule has 3 aromatic rings. The molecule has 0 aliphatic carbocycles. The van der Waals surface area contributed by atoms with Crippen LogP contribution in [0.25, 0.3) is 5.78 Å². The molecule has 2 aromatic heterocycles. The van der Waals surface area contributed by atoms with Crippen LogP contribution >= 0.6 is 0 Å². The van der Waals surface area contributed by atoms with Gasteiger partial charge in [-0.3, -0.25) is 9.20 Å². The van der Waals surface area contributed by atoms with Gasteiger partial charge in [-0.15, -0.1) is 13.2 Å². The Bertz CT molecular complexity index is 1070. The number of piperidine rings is 1. The van der Waals surface area contributed by atoms with Gasteiger partial charge in [-0.05, 0) is 43.0 Å². The van der Waals surface area contributed by atoms with E-state index < -0.39 is 6.36 Å². The molecule has 1 fully saturated rings. The van der Waals surface area contributed by atoms with Crippen LogP contribution in [0.2, 0.25) is 0 Å². The Labute approximate surface area is 182 Å². The number of rotatable bonds is 6. The quantitative estimate of drug-likeness (QED) is 0.570. The number of likely N-dealkylation sites (tertiary alicyclic amines) is 1. The molecule has 1 amide bonds. The highest BCUT2D eigenvalue weighted by atomic mass is 19.4. The Morgan fingerprint density at radius 1 is 1.19 bits per heavy atom. The predicted molar refractivity (Wildman–Crippen MR) is 109 cm³/mol. The lowest BCUT2D eigenvalue weighted by Gasteiger charge is -2.32. The first-order valence-electron chi connectivity index (χ1n) is 10.4. The third-order valence-electron chi connectivity index (χ3n) is 5.39. The summed E-state index contributed by atoms with van der Waals surface area (Å²) in [5.41, 5.74) is 2.03. The zero-order valence-corrected chi connectivity index (χ0v) is 17.5. The van der Waals surface area contributed by atoms with Gasteiger partial charge in [0, 0.05) is 25.5 Å². The fraction of sp³-hybridized carbons (Fsp3) is 0.409. The summed E-state index contributed by atoms with van der Waals surface area (Å²) < 4.78 is 48.3. The molecule has 3 heterocycles. The van der Waals surface area contributed by atoms with E-state index in [4.69, 9.17) is 4.74 Å². The van der Waals surface area contributed by atoms with Crippen LogP contribution in [-0.2, 0) is 17.8 Å². The van der Waals surface area contributed by atoms with Gasteiger partial charge in [0.2, 0.25) is 5.78 Å². The third kappa shape index (κ3) is 5.01. The largest absolute Gasteiger partial charge is 0.573 e. The van der Waals surface area contributed by atoms with Crippen molar-refractivity contribution in [3.63, 3.8) is 0 Å². The monoisotopic (exact) mass is 448 g/mol. The molecule has 0 N–H and O–H groups in total. The van der Waals surface area contributed by atoms with Crippen LogP contribution in [0, 0.1) is 0 Å². The van der Waals surface area contributed by atoms with E-state index in [2.05, 4.69) is 14.7 Å². The normalized spacial score (nSPS) is 15.3. The maximum absolute atomic E-state index is 13.2. The smallest absolute Gasteiger partial charge is 0.406 e. The summed E-state index contributed by atoms with van der Waals surface area (Å²) in [7, 11) is 0. The number of aromatic nitrogens is 3. The Morgan fingerprint density at radius 3 is 2.56 bits per heavy atom. The fourth-order valence-electron chi connectivity index (χ4n) is 3.78. The Balaban J connectivity index is 1.31. The van der Waals surface area contributed by atoms with E-state index in [9.17, 15) is 18.0 Å². The predicted octanol–water partition coefficient (Wildman–Crippen LogP) is 4.01. The molecular formula is C22H23F3N4O3. The van der Waals surface area contributed by atoms with Gasteiger partial charge in [0.05, 0.1) is 18.4 Å². The Morgan fingerprint density at radius 2 is 1.91 bits per heavy atom. The minimum atomic E-state index is -4.71. The highest BCUT2D eigenvalue weighted by molar-refractivity contribution is 5.94. The second-order valence-corrected chi connectivity index (χ2v) is 7.54. The van der Waals surface area contributed by atoms with E-state index in [0.29, 0.717) is 43.8 Å². The van der Waals surface area contributed by atoms with Gasteiger partial charge in [-0.1, -0.05) is 19.1 Å². The van der Waals surface area contributed by atoms with Gasteiger partial charge in [-0.25, -0.2) is 9.97 Å². The van der Waals surface area contributed by atoms with E-state index in [0.717, 1.165) is 11.3 Å². The second kappa shape index (κ2) is 9.15. The molecule has 0 unspecified atom stereocenters. The molecule has 1 aliphatic heterocycles. The molecule has 1 aromatic carbocycles. The van der Waals surface area contributed by atoms with E-state index in [1.807, 2.05) is 6.92 Å². The average molecular weight is 448 g/mol. The van der Waals surface area contributed by atoms with E-state index in [-0.39, 0.29) is 24.4 Å². The molecule has 1 aliphatic rings. The number of hydrogen-bond acceptors (Lipinski definition) is 5. The van der Waals surface area contributed by atoms with E-state index >= 15 is 0 Å². The number of halogens is 3. The van der Waals surface area contributed by atoms with Gasteiger partial charge in [0.15, 0.2) is 0 Å². The highest BCUT2D eigenvalue weighted by Crippen LogP contribution is 2.24. The molecule has 0 spiro atoms. The van der Waals surface area contributed by atoms with Gasteiger partial charge >= 0.3 is 6.36 Å². The van der Waals surface area contributed by atoms with E-state index in [1.165, 1.54) is 12.1 Å². The zero-order valence-electron chi connectivity index (χ0n) is 17.5. The summed E-state index contributed by atoms with van der Waals surface area (Å²) in [5, 5.41) is 0. The number of alkyl halides is 3. The zero-order chi connectivity index (χ0) is 22.7. The van der Waals surface area contributed by atoms with Gasteiger partial charge in [0.1, 0.15) is 11.4 Å². The number of imidazole rings is 1. The number of fused-ring (bicyclic) bond motifs is 1. The average Bonchev–Trinajstić information content (AvgIpc) is 3.16.